The number of aliphatic hydroxyl groups is 1. The van der Waals surface area contributed by atoms with Crippen LogP contribution in [0.25, 0.3) is 0 Å². The minimum Gasteiger partial charge on any atom is -0.466 e. The lowest BCUT2D eigenvalue weighted by Crippen LogP contribution is -2.41. The topological polar surface area (TPSA) is 67.8 Å². The molecule has 0 radical (unpaired) electrons. The van der Waals surface area contributed by atoms with Gasteiger partial charge in [0.05, 0.1) is 25.2 Å². The highest BCUT2D eigenvalue weighted by atomic mass is 16.5. The summed E-state index contributed by atoms with van der Waals surface area (Å²) in [5.41, 5.74) is 0. The SMILES string of the molecule is CCOC(=O)CC(O)CNC(C)C1CCCO1. The maximum atomic E-state index is 11.1. The summed E-state index contributed by atoms with van der Waals surface area (Å²) in [4.78, 5) is 11.1. The van der Waals surface area contributed by atoms with Crippen LogP contribution in [0.3, 0.4) is 0 Å². The van der Waals surface area contributed by atoms with Gasteiger partial charge in [-0.1, -0.05) is 0 Å². The summed E-state index contributed by atoms with van der Waals surface area (Å²) < 4.78 is 10.3. The highest BCUT2D eigenvalue weighted by Gasteiger charge is 2.22. The molecule has 0 aromatic heterocycles. The number of esters is 1. The molecule has 1 fully saturated rings. The molecule has 5 nitrogen and oxygen atoms in total. The third-order valence-electron chi connectivity index (χ3n) is 2.91. The highest BCUT2D eigenvalue weighted by Crippen LogP contribution is 2.15. The molecule has 3 unspecified atom stereocenters. The van der Waals surface area contributed by atoms with Crippen molar-refractivity contribution in [2.45, 2.75) is 51.4 Å². The van der Waals surface area contributed by atoms with Gasteiger partial charge in [0.1, 0.15) is 0 Å². The number of carbonyl (C=O) groups is 1. The fourth-order valence-corrected chi connectivity index (χ4v) is 1.93. The fourth-order valence-electron chi connectivity index (χ4n) is 1.93. The van der Waals surface area contributed by atoms with Gasteiger partial charge in [-0.25, -0.2) is 0 Å². The van der Waals surface area contributed by atoms with Gasteiger partial charge < -0.3 is 19.9 Å². The zero-order chi connectivity index (χ0) is 12.7. The maximum Gasteiger partial charge on any atom is 0.308 e. The molecule has 0 aliphatic carbocycles. The zero-order valence-electron chi connectivity index (χ0n) is 10.6. The maximum absolute atomic E-state index is 11.1. The molecule has 0 amide bonds. The average Bonchev–Trinajstić information content (AvgIpc) is 2.79. The Morgan fingerprint density at radius 2 is 2.41 bits per heavy atom. The van der Waals surface area contributed by atoms with Crippen molar-refractivity contribution in [2.24, 2.45) is 0 Å². The molecule has 3 atom stereocenters. The number of nitrogens with one attached hydrogen (secondary N) is 1. The third-order valence-corrected chi connectivity index (χ3v) is 2.91. The standard InChI is InChI=1S/C12H23NO4/c1-3-16-12(15)7-10(14)8-13-9(2)11-5-4-6-17-11/h9-11,13-14H,3-8H2,1-2H3. The van der Waals surface area contributed by atoms with Crippen molar-refractivity contribution < 1.29 is 19.4 Å². The lowest BCUT2D eigenvalue weighted by Gasteiger charge is -2.21. The Bertz CT molecular complexity index is 229. The van der Waals surface area contributed by atoms with Gasteiger partial charge >= 0.3 is 5.97 Å². The van der Waals surface area contributed by atoms with Crippen LogP contribution in [0.1, 0.15) is 33.1 Å². The van der Waals surface area contributed by atoms with Crippen LogP contribution in [0.4, 0.5) is 0 Å². The van der Waals surface area contributed by atoms with Crippen molar-refractivity contribution in [1.29, 1.82) is 0 Å². The average molecular weight is 245 g/mol. The second kappa shape index (κ2) is 7.63. The smallest absolute Gasteiger partial charge is 0.308 e. The molecule has 0 aromatic carbocycles. The molecule has 1 rings (SSSR count). The van der Waals surface area contributed by atoms with E-state index in [0.717, 1.165) is 19.4 Å². The van der Waals surface area contributed by atoms with Gasteiger partial charge in [-0.3, -0.25) is 4.79 Å². The van der Waals surface area contributed by atoms with E-state index in [0.29, 0.717) is 13.2 Å². The van der Waals surface area contributed by atoms with Gasteiger partial charge in [-0.05, 0) is 26.7 Å². The quantitative estimate of drug-likeness (QED) is 0.638. The molecule has 100 valence electrons. The summed E-state index contributed by atoms with van der Waals surface area (Å²) in [6.45, 7) is 5.35. The van der Waals surface area contributed by atoms with Crippen molar-refractivity contribution in [2.75, 3.05) is 19.8 Å². The number of rotatable bonds is 7. The molecule has 1 aliphatic heterocycles. The number of hydrogen-bond acceptors (Lipinski definition) is 5. The lowest BCUT2D eigenvalue weighted by molar-refractivity contribution is -0.145. The molecule has 1 heterocycles. The normalized spacial score (nSPS) is 23.4. The molecule has 17 heavy (non-hydrogen) atoms. The van der Waals surface area contributed by atoms with Crippen molar-refractivity contribution in [3.05, 3.63) is 0 Å². The Morgan fingerprint density at radius 3 is 3.00 bits per heavy atom. The second-order valence-electron chi connectivity index (χ2n) is 4.41. The Hall–Kier alpha value is -0.650. The number of ether oxygens (including phenoxy) is 2. The van der Waals surface area contributed by atoms with E-state index in [4.69, 9.17) is 9.47 Å². The van der Waals surface area contributed by atoms with Crippen molar-refractivity contribution in [3.63, 3.8) is 0 Å². The first-order valence-electron chi connectivity index (χ1n) is 6.32. The molecule has 2 N–H and O–H groups in total. The Morgan fingerprint density at radius 1 is 1.65 bits per heavy atom. The molecular weight excluding hydrogens is 222 g/mol. The van der Waals surface area contributed by atoms with Crippen LogP contribution in [0.15, 0.2) is 0 Å². The Kier molecular flexibility index (Phi) is 6.47. The molecule has 0 spiro atoms. The van der Waals surface area contributed by atoms with Crippen LogP contribution in [-0.2, 0) is 14.3 Å². The van der Waals surface area contributed by atoms with Crippen LogP contribution >= 0.6 is 0 Å². The molecule has 0 saturated carbocycles. The summed E-state index contributed by atoms with van der Waals surface area (Å²) in [5, 5.41) is 12.8. The predicted molar refractivity (Wildman–Crippen MR) is 63.7 cm³/mol. The van der Waals surface area contributed by atoms with E-state index >= 15 is 0 Å². The first kappa shape index (κ1) is 14.4. The van der Waals surface area contributed by atoms with Crippen molar-refractivity contribution in [1.82, 2.24) is 5.32 Å². The Balaban J connectivity index is 2.13. The summed E-state index contributed by atoms with van der Waals surface area (Å²) in [5.74, 6) is -0.355. The summed E-state index contributed by atoms with van der Waals surface area (Å²) in [7, 11) is 0. The van der Waals surface area contributed by atoms with Crippen molar-refractivity contribution >= 4 is 5.97 Å². The summed E-state index contributed by atoms with van der Waals surface area (Å²) in [6.07, 6.45) is 1.73. The molecule has 5 heteroatoms. The molecule has 0 bridgehead atoms. The molecular formula is C12H23NO4. The number of aliphatic hydroxyl groups excluding tert-OH is 1. The number of carbonyl (C=O) groups excluding carboxylic acids is 1. The minimum atomic E-state index is -0.696. The van der Waals surface area contributed by atoms with E-state index in [-0.39, 0.29) is 24.5 Å². The third kappa shape index (κ3) is 5.48. The van der Waals surface area contributed by atoms with Gasteiger partial charge in [0.15, 0.2) is 0 Å². The largest absolute Gasteiger partial charge is 0.466 e. The lowest BCUT2D eigenvalue weighted by atomic mass is 10.1. The van der Waals surface area contributed by atoms with Crippen LogP contribution in [0.2, 0.25) is 0 Å². The van der Waals surface area contributed by atoms with Gasteiger partial charge in [0, 0.05) is 19.2 Å². The zero-order valence-corrected chi connectivity index (χ0v) is 10.6. The molecule has 1 aliphatic rings. The predicted octanol–water partition coefficient (Wildman–Crippen LogP) is 0.458. The van der Waals surface area contributed by atoms with Crippen LogP contribution < -0.4 is 5.32 Å². The summed E-state index contributed by atoms with van der Waals surface area (Å²) in [6, 6.07) is 0.203. The first-order valence-corrected chi connectivity index (χ1v) is 6.32. The van der Waals surface area contributed by atoms with E-state index in [1.807, 2.05) is 6.92 Å². The summed E-state index contributed by atoms with van der Waals surface area (Å²) >= 11 is 0. The molecule has 0 aromatic rings. The van der Waals surface area contributed by atoms with Gasteiger partial charge in [0.25, 0.3) is 0 Å². The van der Waals surface area contributed by atoms with E-state index in [1.165, 1.54) is 0 Å². The van der Waals surface area contributed by atoms with Gasteiger partial charge in [0.2, 0.25) is 0 Å². The van der Waals surface area contributed by atoms with Crippen LogP contribution in [-0.4, -0.2) is 49.1 Å². The van der Waals surface area contributed by atoms with Crippen LogP contribution in [0, 0.1) is 0 Å². The van der Waals surface area contributed by atoms with E-state index in [2.05, 4.69) is 5.32 Å². The van der Waals surface area contributed by atoms with Gasteiger partial charge in [-0.2, -0.15) is 0 Å². The molecule has 1 saturated heterocycles. The number of hydrogen-bond donors (Lipinski definition) is 2. The first-order chi connectivity index (χ1) is 8.13. The highest BCUT2D eigenvalue weighted by molar-refractivity contribution is 5.69. The second-order valence-corrected chi connectivity index (χ2v) is 4.41. The van der Waals surface area contributed by atoms with E-state index < -0.39 is 6.10 Å². The van der Waals surface area contributed by atoms with Crippen molar-refractivity contribution in [3.8, 4) is 0 Å². The minimum absolute atomic E-state index is 0.0408. The fraction of sp³-hybridized carbons (Fsp3) is 0.917. The van der Waals surface area contributed by atoms with E-state index in [9.17, 15) is 9.90 Å². The van der Waals surface area contributed by atoms with Gasteiger partial charge in [-0.15, -0.1) is 0 Å². The Labute approximate surface area is 102 Å². The van der Waals surface area contributed by atoms with E-state index in [1.54, 1.807) is 6.92 Å². The monoisotopic (exact) mass is 245 g/mol. The van der Waals surface area contributed by atoms with Crippen LogP contribution in [0.5, 0.6) is 0 Å².